The third-order valence-electron chi connectivity index (χ3n) is 3.23. The van der Waals surface area contributed by atoms with Crippen molar-refractivity contribution in [2.45, 2.75) is 20.3 Å². The summed E-state index contributed by atoms with van der Waals surface area (Å²) in [5, 5.41) is 3.01. The molecule has 100 valence electrons. The number of hydrogen-bond donors (Lipinski definition) is 0. The molecule has 18 heavy (non-hydrogen) atoms. The lowest BCUT2D eigenvalue weighted by atomic mass is 9.87. The van der Waals surface area contributed by atoms with Crippen molar-refractivity contribution in [2.75, 3.05) is 24.6 Å². The Balaban J connectivity index is 1.97. The van der Waals surface area contributed by atoms with Gasteiger partial charge in [0.1, 0.15) is 4.60 Å². The van der Waals surface area contributed by atoms with Gasteiger partial charge < -0.3 is 9.64 Å². The van der Waals surface area contributed by atoms with E-state index in [1.807, 2.05) is 12.3 Å². The maximum absolute atomic E-state index is 11.8. The van der Waals surface area contributed by atoms with E-state index in [2.05, 4.69) is 32.7 Å². The number of carbonyl (C=O) groups is 1. The maximum atomic E-state index is 11.8. The third-order valence-corrected chi connectivity index (χ3v) is 4.84. The number of nitrogens with zero attached hydrogens (tertiary/aromatic N) is 2. The van der Waals surface area contributed by atoms with E-state index in [4.69, 9.17) is 4.74 Å². The Hall–Kier alpha value is -0.620. The van der Waals surface area contributed by atoms with Crippen LogP contribution in [-0.4, -0.2) is 30.6 Å². The molecule has 1 aromatic rings. The van der Waals surface area contributed by atoms with Gasteiger partial charge in [-0.2, -0.15) is 0 Å². The van der Waals surface area contributed by atoms with Crippen molar-refractivity contribution in [3.8, 4) is 0 Å². The van der Waals surface area contributed by atoms with Gasteiger partial charge in [0, 0.05) is 18.5 Å². The van der Waals surface area contributed by atoms with Crippen molar-refractivity contribution in [1.82, 2.24) is 4.98 Å². The first-order valence-corrected chi connectivity index (χ1v) is 7.81. The minimum Gasteiger partial charge on any atom is -0.466 e. The zero-order valence-corrected chi connectivity index (χ0v) is 13.0. The molecule has 0 radical (unpaired) electrons. The number of halogens is 1. The van der Waals surface area contributed by atoms with Crippen LogP contribution in [0, 0.1) is 11.8 Å². The molecule has 1 aromatic heterocycles. The molecule has 2 heterocycles. The molecule has 0 unspecified atom stereocenters. The summed E-state index contributed by atoms with van der Waals surface area (Å²) in [4.78, 5) is 18.5. The van der Waals surface area contributed by atoms with Gasteiger partial charge in [0.2, 0.25) is 0 Å². The summed E-state index contributed by atoms with van der Waals surface area (Å²) in [5.74, 6) is 0.287. The summed E-state index contributed by atoms with van der Waals surface area (Å²) < 4.78 is 6.00. The Kier molecular flexibility index (Phi) is 4.61. The van der Waals surface area contributed by atoms with Crippen LogP contribution in [0.5, 0.6) is 0 Å². The van der Waals surface area contributed by atoms with Crippen LogP contribution in [0.25, 0.3) is 0 Å². The van der Waals surface area contributed by atoms with E-state index in [0.717, 1.165) is 29.2 Å². The second-order valence-electron chi connectivity index (χ2n) is 4.52. The Labute approximate surface area is 119 Å². The number of thiazole rings is 1. The zero-order chi connectivity index (χ0) is 13.1. The lowest BCUT2D eigenvalue weighted by Crippen LogP contribution is -2.42. The highest BCUT2D eigenvalue weighted by Crippen LogP contribution is 2.31. The van der Waals surface area contributed by atoms with Crippen molar-refractivity contribution >= 4 is 38.4 Å². The Morgan fingerprint density at radius 3 is 3.06 bits per heavy atom. The fourth-order valence-electron chi connectivity index (χ4n) is 2.31. The lowest BCUT2D eigenvalue weighted by Gasteiger charge is -2.35. The Bertz CT molecular complexity index is 424. The molecule has 0 aliphatic carbocycles. The van der Waals surface area contributed by atoms with Gasteiger partial charge in [0.05, 0.1) is 12.5 Å². The summed E-state index contributed by atoms with van der Waals surface area (Å²) in [5.41, 5.74) is 0. The van der Waals surface area contributed by atoms with Gasteiger partial charge in [0.15, 0.2) is 5.13 Å². The van der Waals surface area contributed by atoms with Crippen LogP contribution in [0.1, 0.15) is 20.3 Å². The molecule has 6 heteroatoms. The summed E-state index contributed by atoms with van der Waals surface area (Å²) in [6.45, 7) is 6.16. The third kappa shape index (κ3) is 3.03. The van der Waals surface area contributed by atoms with Crippen LogP contribution >= 0.6 is 27.3 Å². The predicted molar refractivity (Wildman–Crippen MR) is 75.9 cm³/mol. The first kappa shape index (κ1) is 13.8. The maximum Gasteiger partial charge on any atom is 0.309 e. The number of esters is 1. The first-order valence-electron chi connectivity index (χ1n) is 6.14. The Morgan fingerprint density at radius 1 is 1.72 bits per heavy atom. The van der Waals surface area contributed by atoms with E-state index in [1.165, 1.54) is 0 Å². The van der Waals surface area contributed by atoms with Gasteiger partial charge in [-0.15, -0.1) is 11.3 Å². The minimum absolute atomic E-state index is 0.0320. The minimum atomic E-state index is -0.0510. The number of anilines is 1. The monoisotopic (exact) mass is 332 g/mol. The SMILES string of the molecule is CCOC(=O)[C@H]1CCN(c2nc(Br)cs2)C[C@@H]1C. The summed E-state index contributed by atoms with van der Waals surface area (Å²) in [7, 11) is 0. The molecule has 0 saturated carbocycles. The van der Waals surface area contributed by atoms with E-state index in [9.17, 15) is 4.79 Å². The highest BCUT2D eigenvalue weighted by molar-refractivity contribution is 9.10. The Morgan fingerprint density at radius 2 is 2.50 bits per heavy atom. The molecule has 1 fully saturated rings. The van der Waals surface area contributed by atoms with E-state index < -0.39 is 0 Å². The van der Waals surface area contributed by atoms with Crippen molar-refractivity contribution in [1.29, 1.82) is 0 Å². The van der Waals surface area contributed by atoms with Crippen molar-refractivity contribution in [2.24, 2.45) is 11.8 Å². The quantitative estimate of drug-likeness (QED) is 0.798. The van der Waals surface area contributed by atoms with Crippen LogP contribution in [0.4, 0.5) is 5.13 Å². The molecular formula is C12H17BrN2O2S. The summed E-state index contributed by atoms with van der Waals surface area (Å²) in [6.07, 6.45) is 0.844. The molecule has 4 nitrogen and oxygen atoms in total. The van der Waals surface area contributed by atoms with E-state index in [-0.39, 0.29) is 11.9 Å². The van der Waals surface area contributed by atoms with Gasteiger partial charge in [-0.1, -0.05) is 6.92 Å². The molecule has 0 amide bonds. The van der Waals surface area contributed by atoms with Crippen LogP contribution in [0.15, 0.2) is 9.98 Å². The van der Waals surface area contributed by atoms with Gasteiger partial charge in [-0.05, 0) is 35.2 Å². The molecule has 0 aromatic carbocycles. The zero-order valence-electron chi connectivity index (χ0n) is 10.6. The van der Waals surface area contributed by atoms with Gasteiger partial charge >= 0.3 is 5.97 Å². The van der Waals surface area contributed by atoms with Gasteiger partial charge in [-0.25, -0.2) is 4.98 Å². The molecule has 1 aliphatic heterocycles. The topological polar surface area (TPSA) is 42.4 Å². The fourth-order valence-corrected chi connectivity index (χ4v) is 3.60. The average Bonchev–Trinajstić information content (AvgIpc) is 2.76. The van der Waals surface area contributed by atoms with Crippen LogP contribution in [-0.2, 0) is 9.53 Å². The molecule has 1 saturated heterocycles. The fraction of sp³-hybridized carbons (Fsp3) is 0.667. The predicted octanol–water partition coefficient (Wildman–Crippen LogP) is 2.93. The number of hydrogen-bond acceptors (Lipinski definition) is 5. The number of carbonyl (C=O) groups excluding carboxylic acids is 1. The van der Waals surface area contributed by atoms with Crippen LogP contribution in [0.3, 0.4) is 0 Å². The molecular weight excluding hydrogens is 316 g/mol. The molecule has 0 N–H and O–H groups in total. The second-order valence-corrected chi connectivity index (χ2v) is 6.17. The van der Waals surface area contributed by atoms with Crippen LogP contribution in [0.2, 0.25) is 0 Å². The average molecular weight is 333 g/mol. The van der Waals surface area contributed by atoms with Crippen molar-refractivity contribution in [3.05, 3.63) is 9.98 Å². The number of aromatic nitrogens is 1. The number of piperidine rings is 1. The normalized spacial score (nSPS) is 24.1. The van der Waals surface area contributed by atoms with Gasteiger partial charge in [0.25, 0.3) is 0 Å². The van der Waals surface area contributed by atoms with Gasteiger partial charge in [-0.3, -0.25) is 4.79 Å². The number of rotatable bonds is 3. The van der Waals surface area contributed by atoms with Crippen LogP contribution < -0.4 is 4.90 Å². The molecule has 1 aliphatic rings. The highest BCUT2D eigenvalue weighted by atomic mass is 79.9. The smallest absolute Gasteiger partial charge is 0.309 e. The summed E-state index contributed by atoms with van der Waals surface area (Å²) >= 11 is 5.00. The second kappa shape index (κ2) is 6.02. The highest BCUT2D eigenvalue weighted by Gasteiger charge is 2.33. The summed E-state index contributed by atoms with van der Waals surface area (Å²) in [6, 6.07) is 0. The standard InChI is InChI=1S/C12H17BrN2O2S/c1-3-17-11(16)9-4-5-15(6-8(9)2)12-14-10(13)7-18-12/h7-9H,3-6H2,1-2H3/t8-,9-/m0/s1. The molecule has 2 atom stereocenters. The van der Waals surface area contributed by atoms with E-state index in [1.54, 1.807) is 11.3 Å². The molecule has 0 bridgehead atoms. The van der Waals surface area contributed by atoms with Crippen molar-refractivity contribution < 1.29 is 9.53 Å². The lowest BCUT2D eigenvalue weighted by molar-refractivity contribution is -0.150. The number of ether oxygens (including phenoxy) is 1. The molecule has 2 rings (SSSR count). The van der Waals surface area contributed by atoms with E-state index in [0.29, 0.717) is 12.5 Å². The first-order chi connectivity index (χ1) is 8.61. The van der Waals surface area contributed by atoms with Crippen molar-refractivity contribution in [3.63, 3.8) is 0 Å². The largest absolute Gasteiger partial charge is 0.466 e. The van der Waals surface area contributed by atoms with E-state index >= 15 is 0 Å². The molecule has 0 spiro atoms.